The van der Waals surface area contributed by atoms with E-state index in [1.54, 1.807) is 0 Å². The molecule has 0 radical (unpaired) electrons. The maximum atomic E-state index is 5.58. The van der Waals surface area contributed by atoms with E-state index in [4.69, 9.17) is 19.9 Å². The number of hydrogen-bond donors (Lipinski definition) is 0. The van der Waals surface area contributed by atoms with Crippen molar-refractivity contribution in [3.63, 3.8) is 0 Å². The molecule has 4 aromatic heterocycles. The van der Waals surface area contributed by atoms with E-state index in [1.165, 1.54) is 11.1 Å². The Bertz CT molecular complexity index is 4100. The Morgan fingerprint density at radius 3 is 0.821 bits per heavy atom. The summed E-state index contributed by atoms with van der Waals surface area (Å²) in [5.41, 5.74) is 14.3. The minimum Gasteiger partial charge on any atom is -0.275 e. The van der Waals surface area contributed by atoms with Gasteiger partial charge in [0.05, 0.1) is 44.8 Å². The first-order valence-corrected chi connectivity index (χ1v) is 26.8. The molecular formula is C70H56N8. The molecule has 78 heavy (non-hydrogen) atoms. The van der Waals surface area contributed by atoms with Gasteiger partial charge in [-0.1, -0.05) is 175 Å². The van der Waals surface area contributed by atoms with Crippen molar-refractivity contribution in [1.82, 2.24) is 19.9 Å². The summed E-state index contributed by atoms with van der Waals surface area (Å²) in [5.74, 6) is 4.58. The van der Waals surface area contributed by atoms with Crippen LogP contribution in [0.25, 0.3) is 65.9 Å². The molecule has 0 saturated heterocycles. The monoisotopic (exact) mass is 1010 g/mol. The van der Waals surface area contributed by atoms with Crippen LogP contribution >= 0.6 is 0 Å². The summed E-state index contributed by atoms with van der Waals surface area (Å²) in [6.07, 6.45) is 0. The van der Waals surface area contributed by atoms with Crippen molar-refractivity contribution in [3.8, 4) is 22.3 Å². The molecule has 0 bridgehead atoms. The summed E-state index contributed by atoms with van der Waals surface area (Å²) in [4.78, 5) is 31.6. The lowest BCUT2D eigenvalue weighted by Gasteiger charge is -2.33. The Kier molecular flexibility index (Phi) is 10.8. The predicted molar refractivity (Wildman–Crippen MR) is 324 cm³/mol. The topological polar surface area (TPSA) is 64.5 Å². The predicted octanol–water partition coefficient (Wildman–Crippen LogP) is 18.2. The molecule has 8 heteroatoms. The van der Waals surface area contributed by atoms with Gasteiger partial charge in [-0.25, -0.2) is 19.9 Å². The normalized spacial score (nSPS) is 14.5. The summed E-state index contributed by atoms with van der Waals surface area (Å²) < 4.78 is 0. The molecule has 8 aromatic carbocycles. The Morgan fingerprint density at radius 2 is 0.526 bits per heavy atom. The highest BCUT2D eigenvalue weighted by Gasteiger charge is 2.46. The quantitative estimate of drug-likeness (QED) is 0.163. The molecule has 8 nitrogen and oxygen atoms in total. The van der Waals surface area contributed by atoms with Gasteiger partial charge < -0.3 is 0 Å². The van der Waals surface area contributed by atoms with Crippen molar-refractivity contribution in [2.24, 2.45) is 0 Å². The molecule has 0 aliphatic carbocycles. The number of para-hydroxylation sites is 4. The molecular weight excluding hydrogens is 953 g/mol. The third-order valence-corrected chi connectivity index (χ3v) is 15.4. The highest BCUT2D eigenvalue weighted by atomic mass is 15.5. The molecule has 0 unspecified atom stereocenters. The second kappa shape index (κ2) is 18.0. The zero-order valence-corrected chi connectivity index (χ0v) is 44.5. The van der Waals surface area contributed by atoms with E-state index >= 15 is 0 Å². The second-order valence-corrected chi connectivity index (χ2v) is 22.5. The highest BCUT2D eigenvalue weighted by Crippen LogP contribution is 2.58. The zero-order chi connectivity index (χ0) is 52.9. The lowest BCUT2D eigenvalue weighted by molar-refractivity contribution is 0.590. The maximum Gasteiger partial charge on any atom is 0.168 e. The van der Waals surface area contributed by atoms with E-state index < -0.39 is 0 Å². The van der Waals surface area contributed by atoms with Crippen molar-refractivity contribution >= 4 is 89.6 Å². The Balaban J connectivity index is 1.12. The van der Waals surface area contributed by atoms with Gasteiger partial charge in [0, 0.05) is 21.5 Å². The van der Waals surface area contributed by atoms with Crippen molar-refractivity contribution in [2.45, 2.75) is 52.4 Å². The molecule has 0 atom stereocenters. The van der Waals surface area contributed by atoms with Crippen LogP contribution in [0.3, 0.4) is 0 Å². The molecule has 14 rings (SSSR count). The summed E-state index contributed by atoms with van der Waals surface area (Å²) in [5, 5.41) is 4.21. The summed E-state index contributed by atoms with van der Waals surface area (Å²) in [6, 6.07) is 82.3. The summed E-state index contributed by atoms with van der Waals surface area (Å²) >= 11 is 0. The third-order valence-electron chi connectivity index (χ3n) is 15.4. The first-order valence-electron chi connectivity index (χ1n) is 26.8. The standard InChI is InChI=1S/C70H56N8/c1-69(2,3)53-33-23-45(24-34-53)51-27-37-59-61(43-51)77(65-41-31-49-17-9-13-21-57(49)73-65)67(75(59)63-39-29-47-15-7-11-19-55(47)71-63)68-76(64-40-30-48-16-8-12-20-56(48)72-64)60-38-28-52(46-25-35-54(36-26-46)70(4,5)6)44-62(60)78(68)66-42-32-50-18-10-14-22-58(50)74-66/h7-44H,1-6H3/b68-67+. The molecule has 12 aromatic rings. The lowest BCUT2D eigenvalue weighted by atomic mass is 9.86. The van der Waals surface area contributed by atoms with Crippen LogP contribution < -0.4 is 19.6 Å². The SMILES string of the molecule is CC(C)(C)c1ccc(-c2ccc3c(c2)N(c2ccc4ccccc4n2)/C(=C2\N(c4ccc5ccccc5n4)c4ccc(-c5ccc(C(C)(C)C)cc5)cc4N2c2ccc4ccccc4n2)N3c2ccc3ccccc3n2)cc1. The Morgan fingerprint density at radius 1 is 0.256 bits per heavy atom. The first-order chi connectivity index (χ1) is 37.9. The molecule has 2 aliphatic heterocycles. The van der Waals surface area contributed by atoms with E-state index in [0.29, 0.717) is 0 Å². The number of hydrogen-bond acceptors (Lipinski definition) is 8. The molecule has 0 amide bonds. The fraction of sp³-hybridized carbons (Fsp3) is 0.114. The van der Waals surface area contributed by atoms with Gasteiger partial charge in [-0.15, -0.1) is 0 Å². The number of rotatable bonds is 6. The minimum absolute atomic E-state index is 0.0114. The molecule has 6 heterocycles. The van der Waals surface area contributed by atoms with Crippen LogP contribution in [0.15, 0.2) is 242 Å². The van der Waals surface area contributed by atoms with E-state index in [-0.39, 0.29) is 10.8 Å². The second-order valence-electron chi connectivity index (χ2n) is 22.5. The number of anilines is 8. The Labute approximate surface area is 454 Å². The van der Waals surface area contributed by atoms with Crippen LogP contribution in [-0.2, 0) is 10.8 Å². The minimum atomic E-state index is 0.0114. The van der Waals surface area contributed by atoms with Gasteiger partial charge >= 0.3 is 0 Å². The summed E-state index contributed by atoms with van der Waals surface area (Å²) in [6.45, 7) is 13.6. The highest BCUT2D eigenvalue weighted by molar-refractivity contribution is 6.02. The van der Waals surface area contributed by atoms with Crippen molar-refractivity contribution in [1.29, 1.82) is 0 Å². The van der Waals surface area contributed by atoms with E-state index in [0.717, 1.165) is 124 Å². The smallest absolute Gasteiger partial charge is 0.168 e. The fourth-order valence-electron chi connectivity index (χ4n) is 11.2. The van der Waals surface area contributed by atoms with Crippen molar-refractivity contribution in [3.05, 3.63) is 253 Å². The third kappa shape index (κ3) is 7.98. The van der Waals surface area contributed by atoms with Crippen molar-refractivity contribution in [2.75, 3.05) is 19.6 Å². The molecule has 0 saturated carbocycles. The van der Waals surface area contributed by atoms with Gasteiger partial charge in [-0.2, -0.15) is 0 Å². The van der Waals surface area contributed by atoms with Crippen LogP contribution in [0.1, 0.15) is 52.7 Å². The molecule has 376 valence electrons. The first kappa shape index (κ1) is 46.8. The molecule has 2 aliphatic rings. The van der Waals surface area contributed by atoms with Gasteiger partial charge in [-0.05, 0) is 141 Å². The maximum absolute atomic E-state index is 5.58. The number of fused-ring (bicyclic) bond motifs is 6. The zero-order valence-electron chi connectivity index (χ0n) is 44.5. The average molecular weight is 1010 g/mol. The van der Waals surface area contributed by atoms with Crippen molar-refractivity contribution < 1.29 is 0 Å². The largest absolute Gasteiger partial charge is 0.275 e. The van der Waals surface area contributed by atoms with Gasteiger partial charge in [0.1, 0.15) is 23.3 Å². The number of aromatic nitrogens is 4. The Hall–Kier alpha value is -9.66. The molecule has 0 fully saturated rings. The van der Waals surface area contributed by atoms with Gasteiger partial charge in [-0.3, -0.25) is 19.6 Å². The van der Waals surface area contributed by atoms with E-state index in [1.807, 2.05) is 0 Å². The van der Waals surface area contributed by atoms with E-state index in [9.17, 15) is 0 Å². The van der Waals surface area contributed by atoms with Gasteiger partial charge in [0.25, 0.3) is 0 Å². The number of benzene rings is 8. The average Bonchev–Trinajstić information content (AvgIpc) is 4.23. The molecule has 0 N–H and O–H groups in total. The van der Waals surface area contributed by atoms with Gasteiger partial charge in [0.15, 0.2) is 11.6 Å². The fourth-order valence-corrected chi connectivity index (χ4v) is 11.2. The lowest BCUT2D eigenvalue weighted by Crippen LogP contribution is -2.34. The van der Waals surface area contributed by atoms with E-state index in [2.05, 4.69) is 292 Å². The van der Waals surface area contributed by atoms with Crippen LogP contribution in [-0.4, -0.2) is 19.9 Å². The number of nitrogens with zero attached hydrogens (tertiary/aromatic N) is 8. The van der Waals surface area contributed by atoms with Gasteiger partial charge in [0.2, 0.25) is 0 Å². The molecule has 0 spiro atoms. The number of pyridine rings is 4. The van der Waals surface area contributed by atoms with Crippen LogP contribution in [0, 0.1) is 0 Å². The van der Waals surface area contributed by atoms with Crippen LogP contribution in [0.4, 0.5) is 46.0 Å². The van der Waals surface area contributed by atoms with Crippen LogP contribution in [0.2, 0.25) is 0 Å². The summed E-state index contributed by atoms with van der Waals surface area (Å²) in [7, 11) is 0. The van der Waals surface area contributed by atoms with Crippen LogP contribution in [0.5, 0.6) is 0 Å².